The number of ether oxygens (including phenoxy) is 1. The van der Waals surface area contributed by atoms with Crippen molar-refractivity contribution in [1.29, 1.82) is 0 Å². The fourth-order valence-corrected chi connectivity index (χ4v) is 1.92. The van der Waals surface area contributed by atoms with Gasteiger partial charge in [-0.3, -0.25) is 19.5 Å². The third-order valence-corrected chi connectivity index (χ3v) is 2.85. The zero-order valence-electron chi connectivity index (χ0n) is 11.4. The molecule has 0 unspecified atom stereocenters. The summed E-state index contributed by atoms with van der Waals surface area (Å²) in [7, 11) is 1.33. The smallest absolute Gasteiger partial charge is 0.299 e. The molecule has 0 aliphatic heterocycles. The SMILES string of the molecule is COc1nc(C)cc(=O)n1Cc1cc(F)ccc1[N+](=O)[O-]. The minimum Gasteiger partial charge on any atom is -0.468 e. The molecule has 0 atom stereocenters. The highest BCUT2D eigenvalue weighted by Crippen LogP contribution is 2.21. The fraction of sp³-hybridized carbons (Fsp3) is 0.231. The van der Waals surface area contributed by atoms with Crippen LogP contribution in [0.15, 0.2) is 29.1 Å². The van der Waals surface area contributed by atoms with Crippen LogP contribution >= 0.6 is 0 Å². The first-order valence-electron chi connectivity index (χ1n) is 5.97. The summed E-state index contributed by atoms with van der Waals surface area (Å²) in [5.74, 6) is -0.623. The molecule has 0 aliphatic carbocycles. The molecule has 7 nitrogen and oxygen atoms in total. The second kappa shape index (κ2) is 5.70. The number of nitrogens with zero attached hydrogens (tertiary/aromatic N) is 3. The Balaban J connectivity index is 2.55. The Morgan fingerprint density at radius 1 is 1.43 bits per heavy atom. The number of rotatable bonds is 4. The van der Waals surface area contributed by atoms with Crippen LogP contribution in [0, 0.1) is 22.9 Å². The van der Waals surface area contributed by atoms with Gasteiger partial charge >= 0.3 is 0 Å². The Bertz CT molecular complexity index is 758. The summed E-state index contributed by atoms with van der Waals surface area (Å²) in [6, 6.07) is 4.36. The molecule has 0 amide bonds. The lowest BCUT2D eigenvalue weighted by atomic mass is 10.1. The van der Waals surface area contributed by atoms with Gasteiger partial charge in [0.25, 0.3) is 17.3 Å². The maximum absolute atomic E-state index is 13.3. The van der Waals surface area contributed by atoms with Crippen molar-refractivity contribution in [3.63, 3.8) is 0 Å². The highest BCUT2D eigenvalue weighted by atomic mass is 19.1. The van der Waals surface area contributed by atoms with E-state index < -0.39 is 16.3 Å². The first kappa shape index (κ1) is 14.6. The van der Waals surface area contributed by atoms with Gasteiger partial charge in [-0.05, 0) is 19.1 Å². The summed E-state index contributed by atoms with van der Waals surface area (Å²) < 4.78 is 19.4. The molecule has 21 heavy (non-hydrogen) atoms. The number of aromatic nitrogens is 2. The van der Waals surface area contributed by atoms with Gasteiger partial charge in [0.1, 0.15) is 5.82 Å². The van der Waals surface area contributed by atoms with Crippen LogP contribution in [-0.2, 0) is 6.54 Å². The molecule has 1 aromatic carbocycles. The topological polar surface area (TPSA) is 87.3 Å². The summed E-state index contributed by atoms with van der Waals surface area (Å²) in [5.41, 5.74) is -0.184. The second-order valence-electron chi connectivity index (χ2n) is 4.34. The summed E-state index contributed by atoms with van der Waals surface area (Å²) in [6.45, 7) is 1.42. The highest BCUT2D eigenvalue weighted by Gasteiger charge is 2.17. The van der Waals surface area contributed by atoms with Crippen molar-refractivity contribution in [2.24, 2.45) is 0 Å². The van der Waals surface area contributed by atoms with Gasteiger partial charge in [-0.15, -0.1) is 0 Å². The van der Waals surface area contributed by atoms with E-state index in [4.69, 9.17) is 4.74 Å². The van der Waals surface area contributed by atoms with Gasteiger partial charge in [0, 0.05) is 17.8 Å². The molecular formula is C13H12FN3O4. The van der Waals surface area contributed by atoms with Crippen LogP contribution in [0.3, 0.4) is 0 Å². The van der Waals surface area contributed by atoms with Crippen molar-refractivity contribution >= 4 is 5.69 Å². The van der Waals surface area contributed by atoms with E-state index in [1.165, 1.54) is 13.2 Å². The third-order valence-electron chi connectivity index (χ3n) is 2.85. The largest absolute Gasteiger partial charge is 0.468 e. The van der Waals surface area contributed by atoms with Gasteiger partial charge in [-0.25, -0.2) is 9.37 Å². The molecule has 0 saturated carbocycles. The quantitative estimate of drug-likeness (QED) is 0.632. The molecule has 0 bridgehead atoms. The minimum absolute atomic E-state index is 0.0126. The van der Waals surface area contributed by atoms with Crippen LogP contribution in [0.25, 0.3) is 0 Å². The number of methoxy groups -OCH3 is 1. The van der Waals surface area contributed by atoms with Crippen LogP contribution in [0.1, 0.15) is 11.3 Å². The number of aryl methyl sites for hydroxylation is 1. The van der Waals surface area contributed by atoms with Crippen LogP contribution in [0.5, 0.6) is 6.01 Å². The lowest BCUT2D eigenvalue weighted by molar-refractivity contribution is -0.385. The molecular weight excluding hydrogens is 281 g/mol. The van der Waals surface area contributed by atoms with Gasteiger partial charge in [0.15, 0.2) is 0 Å². The van der Waals surface area contributed by atoms with Crippen molar-refractivity contribution in [3.05, 3.63) is 61.8 Å². The third kappa shape index (κ3) is 3.04. The normalized spacial score (nSPS) is 10.4. The monoisotopic (exact) mass is 293 g/mol. The van der Waals surface area contributed by atoms with Crippen molar-refractivity contribution < 1.29 is 14.1 Å². The minimum atomic E-state index is -0.631. The zero-order chi connectivity index (χ0) is 15.6. The molecule has 0 spiro atoms. The van der Waals surface area contributed by atoms with Gasteiger partial charge < -0.3 is 4.74 Å². The van der Waals surface area contributed by atoms with E-state index in [-0.39, 0.29) is 23.8 Å². The summed E-state index contributed by atoms with van der Waals surface area (Å²) in [4.78, 5) is 26.3. The molecule has 2 rings (SSSR count). The van der Waals surface area contributed by atoms with Crippen LogP contribution in [0.2, 0.25) is 0 Å². The summed E-state index contributed by atoms with van der Waals surface area (Å²) >= 11 is 0. The van der Waals surface area contributed by atoms with Crippen molar-refractivity contribution in [2.45, 2.75) is 13.5 Å². The zero-order valence-corrected chi connectivity index (χ0v) is 11.4. The summed E-state index contributed by atoms with van der Waals surface area (Å²) in [5, 5.41) is 11.0. The van der Waals surface area contributed by atoms with Gasteiger partial charge in [-0.2, -0.15) is 0 Å². The molecule has 8 heteroatoms. The molecule has 110 valence electrons. The van der Waals surface area contributed by atoms with E-state index in [9.17, 15) is 19.3 Å². The molecule has 0 saturated heterocycles. The van der Waals surface area contributed by atoms with Crippen molar-refractivity contribution in [1.82, 2.24) is 9.55 Å². The van der Waals surface area contributed by atoms with E-state index in [2.05, 4.69) is 4.98 Å². The van der Waals surface area contributed by atoms with Gasteiger partial charge in [0.2, 0.25) is 0 Å². The van der Waals surface area contributed by atoms with Gasteiger partial charge in [-0.1, -0.05) is 0 Å². The maximum atomic E-state index is 13.3. The predicted molar refractivity (Wildman–Crippen MR) is 71.9 cm³/mol. The number of hydrogen-bond donors (Lipinski definition) is 0. The van der Waals surface area contributed by atoms with Crippen molar-refractivity contribution in [3.8, 4) is 6.01 Å². The van der Waals surface area contributed by atoms with Crippen LogP contribution in [0.4, 0.5) is 10.1 Å². The van der Waals surface area contributed by atoms with Crippen LogP contribution in [-0.4, -0.2) is 21.6 Å². The number of nitro benzene ring substituents is 1. The standard InChI is InChI=1S/C13H12FN3O4/c1-8-5-12(18)16(13(15-8)21-2)7-9-6-10(14)3-4-11(9)17(19)20/h3-6H,7H2,1-2H3. The van der Waals surface area contributed by atoms with Crippen molar-refractivity contribution in [2.75, 3.05) is 7.11 Å². The molecule has 0 fully saturated rings. The second-order valence-corrected chi connectivity index (χ2v) is 4.34. The molecule has 0 N–H and O–H groups in total. The van der Waals surface area contributed by atoms with E-state index in [1.54, 1.807) is 6.92 Å². The Hall–Kier alpha value is -2.77. The Labute approximate surface area is 118 Å². The number of nitro groups is 1. The lowest BCUT2D eigenvalue weighted by Gasteiger charge is -2.11. The Morgan fingerprint density at radius 2 is 2.14 bits per heavy atom. The Kier molecular flexibility index (Phi) is 3.97. The molecule has 1 aromatic heterocycles. The first-order chi connectivity index (χ1) is 9.92. The molecule has 2 aromatic rings. The van der Waals surface area contributed by atoms with Gasteiger partial charge in [0.05, 0.1) is 24.1 Å². The Morgan fingerprint density at radius 3 is 2.76 bits per heavy atom. The predicted octanol–water partition coefficient (Wildman–Crippen LogP) is 1.66. The number of hydrogen-bond acceptors (Lipinski definition) is 5. The fourth-order valence-electron chi connectivity index (χ4n) is 1.92. The van der Waals surface area contributed by atoms with E-state index in [0.29, 0.717) is 5.69 Å². The van der Waals surface area contributed by atoms with E-state index in [0.717, 1.165) is 22.8 Å². The number of halogens is 1. The van der Waals surface area contributed by atoms with E-state index in [1.807, 2.05) is 0 Å². The average molecular weight is 293 g/mol. The van der Waals surface area contributed by atoms with E-state index >= 15 is 0 Å². The lowest BCUT2D eigenvalue weighted by Crippen LogP contribution is -2.23. The molecule has 0 radical (unpaired) electrons. The maximum Gasteiger partial charge on any atom is 0.299 e. The first-order valence-corrected chi connectivity index (χ1v) is 5.97. The molecule has 0 aliphatic rings. The molecule has 1 heterocycles. The number of benzene rings is 1. The highest BCUT2D eigenvalue weighted by molar-refractivity contribution is 5.40. The average Bonchev–Trinajstić information content (AvgIpc) is 2.41. The summed E-state index contributed by atoms with van der Waals surface area (Å²) in [6.07, 6.45) is 0. The van der Waals surface area contributed by atoms with Crippen LogP contribution < -0.4 is 10.3 Å².